The molecule has 0 heterocycles. The van der Waals surface area contributed by atoms with Gasteiger partial charge >= 0.3 is 5.97 Å². The lowest BCUT2D eigenvalue weighted by Gasteiger charge is -1.99. The molecule has 0 aliphatic heterocycles. The Morgan fingerprint density at radius 1 is 1.67 bits per heavy atom. The quantitative estimate of drug-likeness (QED) is 0.277. The number of rotatable bonds is 4. The van der Waals surface area contributed by atoms with E-state index in [2.05, 4.69) is 11.7 Å². The van der Waals surface area contributed by atoms with Crippen molar-refractivity contribution in [1.82, 2.24) is 0 Å². The van der Waals surface area contributed by atoms with Crippen LogP contribution in [0.15, 0.2) is 28.9 Å². The second-order valence-corrected chi connectivity index (χ2v) is 1.99. The molecular formula is C9H13NO2. The highest BCUT2D eigenvalue weighted by atomic mass is 16.5. The zero-order valence-corrected chi connectivity index (χ0v) is 7.41. The SMILES string of the molecule is C=N/C=C(\C=C/C)C(=O)OCC. The van der Waals surface area contributed by atoms with E-state index in [4.69, 9.17) is 4.74 Å². The molecular weight excluding hydrogens is 154 g/mol. The molecule has 0 unspecified atom stereocenters. The largest absolute Gasteiger partial charge is 0.462 e. The van der Waals surface area contributed by atoms with Crippen molar-refractivity contribution in [3.63, 3.8) is 0 Å². The molecule has 0 amide bonds. The third-order valence-corrected chi connectivity index (χ3v) is 1.09. The summed E-state index contributed by atoms with van der Waals surface area (Å²) in [6.07, 6.45) is 4.75. The van der Waals surface area contributed by atoms with Crippen LogP contribution in [-0.2, 0) is 9.53 Å². The third kappa shape index (κ3) is 3.71. The van der Waals surface area contributed by atoms with Crippen LogP contribution >= 0.6 is 0 Å². The molecule has 0 radical (unpaired) electrons. The maximum Gasteiger partial charge on any atom is 0.339 e. The summed E-state index contributed by atoms with van der Waals surface area (Å²) in [5.41, 5.74) is 0.411. The van der Waals surface area contributed by atoms with Crippen molar-refractivity contribution in [2.75, 3.05) is 6.61 Å². The first-order chi connectivity index (χ1) is 5.76. The molecule has 0 rings (SSSR count). The van der Waals surface area contributed by atoms with Gasteiger partial charge in [-0.25, -0.2) is 4.79 Å². The predicted molar refractivity (Wildman–Crippen MR) is 49.1 cm³/mol. The van der Waals surface area contributed by atoms with Crippen molar-refractivity contribution in [2.24, 2.45) is 4.99 Å². The smallest absolute Gasteiger partial charge is 0.339 e. The zero-order chi connectivity index (χ0) is 9.40. The Morgan fingerprint density at radius 3 is 2.75 bits per heavy atom. The fourth-order valence-corrected chi connectivity index (χ4v) is 0.656. The summed E-state index contributed by atoms with van der Waals surface area (Å²) in [4.78, 5) is 14.6. The fraction of sp³-hybridized carbons (Fsp3) is 0.333. The van der Waals surface area contributed by atoms with Crippen LogP contribution in [0.3, 0.4) is 0 Å². The second kappa shape index (κ2) is 6.34. The number of hydrogen-bond donors (Lipinski definition) is 0. The van der Waals surface area contributed by atoms with E-state index in [0.29, 0.717) is 12.2 Å². The molecule has 0 aliphatic carbocycles. The molecule has 0 aliphatic rings. The standard InChI is InChI=1S/C9H13NO2/c1-4-6-8(7-10-3)9(11)12-5-2/h4,6-7H,3,5H2,1-2H3/b6-4-,8-7+. The van der Waals surface area contributed by atoms with Crippen LogP contribution in [-0.4, -0.2) is 19.3 Å². The molecule has 0 spiro atoms. The maximum atomic E-state index is 11.1. The summed E-state index contributed by atoms with van der Waals surface area (Å²) in [5, 5.41) is 0. The van der Waals surface area contributed by atoms with Crippen LogP contribution in [0.1, 0.15) is 13.8 Å². The first-order valence-electron chi connectivity index (χ1n) is 3.72. The number of carbonyl (C=O) groups is 1. The number of nitrogens with zero attached hydrogens (tertiary/aromatic N) is 1. The highest BCUT2D eigenvalue weighted by Crippen LogP contribution is 2.00. The maximum absolute atomic E-state index is 11.1. The topological polar surface area (TPSA) is 38.7 Å². The van der Waals surface area contributed by atoms with Crippen LogP contribution in [0.4, 0.5) is 0 Å². The molecule has 3 heteroatoms. The van der Waals surface area contributed by atoms with Crippen LogP contribution in [0.2, 0.25) is 0 Å². The van der Waals surface area contributed by atoms with Crippen LogP contribution in [0.25, 0.3) is 0 Å². The van der Waals surface area contributed by atoms with Crippen molar-refractivity contribution >= 4 is 12.7 Å². The Morgan fingerprint density at radius 2 is 2.33 bits per heavy atom. The minimum atomic E-state index is -0.372. The molecule has 0 saturated heterocycles. The number of aliphatic imine (C=N–C) groups is 1. The van der Waals surface area contributed by atoms with Gasteiger partial charge in [-0.3, -0.25) is 4.99 Å². The van der Waals surface area contributed by atoms with Gasteiger partial charge in [0.25, 0.3) is 0 Å². The van der Waals surface area contributed by atoms with Gasteiger partial charge < -0.3 is 4.74 Å². The number of carbonyl (C=O) groups excluding carboxylic acids is 1. The lowest BCUT2D eigenvalue weighted by atomic mass is 10.2. The van der Waals surface area contributed by atoms with Gasteiger partial charge in [-0.1, -0.05) is 12.2 Å². The average molecular weight is 167 g/mol. The lowest BCUT2D eigenvalue weighted by Crippen LogP contribution is -2.05. The fourth-order valence-electron chi connectivity index (χ4n) is 0.656. The Bertz CT molecular complexity index is 217. The Labute approximate surface area is 72.4 Å². The average Bonchev–Trinajstić information content (AvgIpc) is 2.04. The molecule has 0 fully saturated rings. The van der Waals surface area contributed by atoms with E-state index < -0.39 is 0 Å². The van der Waals surface area contributed by atoms with E-state index in [1.807, 2.05) is 6.92 Å². The van der Waals surface area contributed by atoms with E-state index in [-0.39, 0.29) is 5.97 Å². The molecule has 0 bridgehead atoms. The van der Waals surface area contributed by atoms with Crippen LogP contribution in [0, 0.1) is 0 Å². The zero-order valence-electron chi connectivity index (χ0n) is 7.41. The van der Waals surface area contributed by atoms with Crippen molar-refractivity contribution in [3.05, 3.63) is 23.9 Å². The van der Waals surface area contributed by atoms with Gasteiger partial charge in [-0.05, 0) is 20.6 Å². The number of ether oxygens (including phenoxy) is 1. The normalized spacial score (nSPS) is 11.7. The number of hydrogen-bond acceptors (Lipinski definition) is 3. The molecule has 66 valence electrons. The van der Waals surface area contributed by atoms with Crippen molar-refractivity contribution < 1.29 is 9.53 Å². The molecule has 3 nitrogen and oxygen atoms in total. The Kier molecular flexibility index (Phi) is 5.61. The van der Waals surface area contributed by atoms with E-state index in [1.54, 1.807) is 19.1 Å². The summed E-state index contributed by atoms with van der Waals surface area (Å²) >= 11 is 0. The summed E-state index contributed by atoms with van der Waals surface area (Å²) in [6.45, 7) is 7.20. The highest BCUT2D eigenvalue weighted by molar-refractivity contribution is 5.91. The highest BCUT2D eigenvalue weighted by Gasteiger charge is 2.04. The monoisotopic (exact) mass is 167 g/mol. The number of esters is 1. The second-order valence-electron chi connectivity index (χ2n) is 1.99. The molecule has 0 N–H and O–H groups in total. The Balaban J connectivity index is 4.40. The summed E-state index contributed by atoms with van der Waals surface area (Å²) in [7, 11) is 0. The van der Waals surface area contributed by atoms with Crippen LogP contribution < -0.4 is 0 Å². The van der Waals surface area contributed by atoms with Gasteiger partial charge in [0.2, 0.25) is 0 Å². The van der Waals surface area contributed by atoms with Crippen molar-refractivity contribution in [2.45, 2.75) is 13.8 Å². The van der Waals surface area contributed by atoms with Crippen LogP contribution in [0.5, 0.6) is 0 Å². The summed E-state index contributed by atoms with van der Waals surface area (Å²) in [6, 6.07) is 0. The number of allylic oxidation sites excluding steroid dienone is 1. The summed E-state index contributed by atoms with van der Waals surface area (Å²) < 4.78 is 4.76. The lowest BCUT2D eigenvalue weighted by molar-refractivity contribution is -0.138. The first-order valence-corrected chi connectivity index (χ1v) is 3.72. The molecule has 0 aromatic heterocycles. The van der Waals surface area contributed by atoms with Gasteiger partial charge in [0.1, 0.15) is 0 Å². The Hall–Kier alpha value is -1.38. The van der Waals surface area contributed by atoms with E-state index >= 15 is 0 Å². The first kappa shape index (κ1) is 10.6. The summed E-state index contributed by atoms with van der Waals surface area (Å²) in [5.74, 6) is -0.372. The third-order valence-electron chi connectivity index (χ3n) is 1.09. The van der Waals surface area contributed by atoms with Gasteiger partial charge in [-0.2, -0.15) is 0 Å². The van der Waals surface area contributed by atoms with Crippen molar-refractivity contribution in [1.29, 1.82) is 0 Å². The molecule has 0 aromatic carbocycles. The van der Waals surface area contributed by atoms with Crippen molar-refractivity contribution in [3.8, 4) is 0 Å². The molecule has 12 heavy (non-hydrogen) atoms. The minimum Gasteiger partial charge on any atom is -0.462 e. The minimum absolute atomic E-state index is 0.366. The predicted octanol–water partition coefficient (Wildman–Crippen LogP) is 1.71. The van der Waals surface area contributed by atoms with E-state index in [1.165, 1.54) is 6.20 Å². The molecule has 0 atom stereocenters. The van der Waals surface area contributed by atoms with Gasteiger partial charge in [0, 0.05) is 6.20 Å². The van der Waals surface area contributed by atoms with E-state index in [0.717, 1.165) is 0 Å². The molecule has 0 aromatic rings. The molecule has 0 saturated carbocycles. The van der Waals surface area contributed by atoms with Gasteiger partial charge in [-0.15, -0.1) is 0 Å². The van der Waals surface area contributed by atoms with Gasteiger partial charge in [0.05, 0.1) is 12.2 Å². The van der Waals surface area contributed by atoms with E-state index in [9.17, 15) is 4.79 Å². The van der Waals surface area contributed by atoms with Gasteiger partial charge in [0.15, 0.2) is 0 Å².